The highest BCUT2D eigenvalue weighted by Gasteiger charge is 2.43. The van der Waals surface area contributed by atoms with E-state index in [2.05, 4.69) is 17.4 Å². The summed E-state index contributed by atoms with van der Waals surface area (Å²) < 4.78 is 0. The summed E-state index contributed by atoms with van der Waals surface area (Å²) in [6, 6.07) is 17.9. The van der Waals surface area contributed by atoms with E-state index in [1.54, 1.807) is 6.20 Å². The maximum Gasteiger partial charge on any atom is 0.227 e. The molecule has 0 heterocycles. The second-order valence-electron chi connectivity index (χ2n) is 5.82. The van der Waals surface area contributed by atoms with Crippen LogP contribution >= 0.6 is 0 Å². The van der Waals surface area contributed by atoms with E-state index in [-0.39, 0.29) is 11.8 Å². The lowest BCUT2D eigenvalue weighted by Crippen LogP contribution is -2.20. The molecule has 3 nitrogen and oxygen atoms in total. The topological polar surface area (TPSA) is 55.1 Å². The minimum absolute atomic E-state index is 0.0952. The largest absolute Gasteiger partial charge is 0.399 e. The van der Waals surface area contributed by atoms with Gasteiger partial charge in [0.2, 0.25) is 5.91 Å². The Morgan fingerprint density at radius 2 is 1.82 bits per heavy atom. The molecule has 2 atom stereocenters. The summed E-state index contributed by atoms with van der Waals surface area (Å²) in [5, 5.41) is 2.92. The predicted octanol–water partition coefficient (Wildman–Crippen LogP) is 3.55. The molecule has 1 saturated carbocycles. The van der Waals surface area contributed by atoms with Gasteiger partial charge in [0.15, 0.2) is 0 Å². The molecule has 3 heteroatoms. The molecule has 2 unspecified atom stereocenters. The minimum Gasteiger partial charge on any atom is -0.399 e. The Morgan fingerprint density at radius 1 is 1.14 bits per heavy atom. The Bertz CT molecular complexity index is 689. The molecule has 2 aromatic rings. The zero-order valence-corrected chi connectivity index (χ0v) is 12.6. The smallest absolute Gasteiger partial charge is 0.227 e. The zero-order valence-electron chi connectivity index (χ0n) is 12.6. The van der Waals surface area contributed by atoms with Gasteiger partial charge in [0.1, 0.15) is 0 Å². The Labute approximate surface area is 130 Å². The van der Waals surface area contributed by atoms with Crippen molar-refractivity contribution in [2.75, 3.05) is 5.73 Å². The van der Waals surface area contributed by atoms with Gasteiger partial charge in [0.05, 0.1) is 0 Å². The van der Waals surface area contributed by atoms with Gasteiger partial charge in [-0.2, -0.15) is 0 Å². The number of carbonyl (C=O) groups is 1. The molecular weight excluding hydrogens is 272 g/mol. The maximum atomic E-state index is 12.2. The van der Waals surface area contributed by atoms with Crippen LogP contribution in [0.1, 0.15) is 30.4 Å². The highest BCUT2D eigenvalue weighted by molar-refractivity contribution is 5.85. The Hall–Kier alpha value is -2.55. The number of hydrogen-bond acceptors (Lipinski definition) is 2. The van der Waals surface area contributed by atoms with Gasteiger partial charge in [-0.1, -0.05) is 42.5 Å². The van der Waals surface area contributed by atoms with Gasteiger partial charge in [0.25, 0.3) is 0 Å². The molecule has 3 N–H and O–H groups in total. The normalized spacial score (nSPS) is 20.5. The highest BCUT2D eigenvalue weighted by atomic mass is 16.2. The average Bonchev–Trinajstić information content (AvgIpc) is 3.34. The van der Waals surface area contributed by atoms with E-state index in [0.717, 1.165) is 23.2 Å². The second kappa shape index (κ2) is 6.06. The van der Waals surface area contributed by atoms with Crippen LogP contribution in [0.3, 0.4) is 0 Å². The van der Waals surface area contributed by atoms with Crippen LogP contribution < -0.4 is 11.1 Å². The molecule has 0 saturated heterocycles. The first-order valence-electron chi connectivity index (χ1n) is 7.53. The van der Waals surface area contributed by atoms with Crippen LogP contribution in [0.25, 0.3) is 5.57 Å². The number of nitrogens with two attached hydrogens (primary N) is 1. The quantitative estimate of drug-likeness (QED) is 0.847. The lowest BCUT2D eigenvalue weighted by atomic mass is 10.1. The van der Waals surface area contributed by atoms with Gasteiger partial charge in [-0.3, -0.25) is 4.79 Å². The van der Waals surface area contributed by atoms with E-state index in [9.17, 15) is 4.79 Å². The number of rotatable bonds is 4. The molecule has 1 amide bonds. The molecule has 1 aliphatic rings. The molecule has 0 radical (unpaired) electrons. The van der Waals surface area contributed by atoms with Crippen LogP contribution in [0.4, 0.5) is 5.69 Å². The SMILES string of the molecule is C/C(=C\NC(=O)C1CC1c1ccccc1)c1ccc(N)cc1. The highest BCUT2D eigenvalue weighted by Crippen LogP contribution is 2.47. The van der Waals surface area contributed by atoms with Gasteiger partial charge in [-0.05, 0) is 48.1 Å². The molecular formula is C19H20N2O. The van der Waals surface area contributed by atoms with Crippen molar-refractivity contribution >= 4 is 17.2 Å². The number of allylic oxidation sites excluding steroid dienone is 1. The first kappa shape index (κ1) is 14.4. The number of hydrogen-bond donors (Lipinski definition) is 2. The van der Waals surface area contributed by atoms with Crippen LogP contribution in [-0.4, -0.2) is 5.91 Å². The van der Waals surface area contributed by atoms with Crippen LogP contribution in [0.5, 0.6) is 0 Å². The number of benzene rings is 2. The lowest BCUT2D eigenvalue weighted by Gasteiger charge is -2.04. The van der Waals surface area contributed by atoms with E-state index in [1.807, 2.05) is 49.4 Å². The molecule has 112 valence electrons. The Kier molecular flexibility index (Phi) is 3.96. The standard InChI is InChI=1S/C19H20N2O/c1-13(14-7-9-16(20)10-8-14)12-21-19(22)18-11-17(18)15-5-3-2-4-6-15/h2-10,12,17-18H,11,20H2,1H3,(H,21,22)/b13-12+. The van der Waals surface area contributed by atoms with Crippen molar-refractivity contribution in [2.24, 2.45) is 5.92 Å². The van der Waals surface area contributed by atoms with E-state index in [4.69, 9.17) is 5.73 Å². The summed E-state index contributed by atoms with van der Waals surface area (Å²) in [6.07, 6.45) is 2.72. The van der Waals surface area contributed by atoms with Crippen LogP contribution in [0, 0.1) is 5.92 Å². The summed E-state index contributed by atoms with van der Waals surface area (Å²) in [4.78, 5) is 12.2. The third kappa shape index (κ3) is 3.19. The molecule has 0 bridgehead atoms. The number of amides is 1. The Balaban J connectivity index is 1.59. The first-order valence-corrected chi connectivity index (χ1v) is 7.53. The van der Waals surface area contributed by atoms with Crippen molar-refractivity contribution in [3.05, 3.63) is 71.9 Å². The number of nitrogen functional groups attached to an aromatic ring is 1. The number of anilines is 1. The van der Waals surface area contributed by atoms with Crippen molar-refractivity contribution < 1.29 is 4.79 Å². The van der Waals surface area contributed by atoms with Crippen molar-refractivity contribution in [3.8, 4) is 0 Å². The minimum atomic E-state index is 0.0952. The van der Waals surface area contributed by atoms with Crippen molar-refractivity contribution in [1.29, 1.82) is 0 Å². The molecule has 1 aliphatic carbocycles. The summed E-state index contributed by atoms with van der Waals surface area (Å²) in [5.74, 6) is 0.563. The monoisotopic (exact) mass is 292 g/mol. The summed E-state index contributed by atoms with van der Waals surface area (Å²) in [5.41, 5.74) is 9.75. The lowest BCUT2D eigenvalue weighted by molar-refractivity contribution is -0.121. The van der Waals surface area contributed by atoms with E-state index < -0.39 is 0 Å². The van der Waals surface area contributed by atoms with Crippen molar-refractivity contribution in [2.45, 2.75) is 19.3 Å². The van der Waals surface area contributed by atoms with E-state index >= 15 is 0 Å². The third-order valence-corrected chi connectivity index (χ3v) is 4.15. The molecule has 0 spiro atoms. The van der Waals surface area contributed by atoms with Gasteiger partial charge in [0, 0.05) is 17.8 Å². The predicted molar refractivity (Wildman–Crippen MR) is 89.9 cm³/mol. The molecule has 22 heavy (non-hydrogen) atoms. The summed E-state index contributed by atoms with van der Waals surface area (Å²) in [6.45, 7) is 1.98. The van der Waals surface area contributed by atoms with Gasteiger partial charge < -0.3 is 11.1 Å². The van der Waals surface area contributed by atoms with Crippen LogP contribution in [0.15, 0.2) is 60.8 Å². The van der Waals surface area contributed by atoms with E-state index in [0.29, 0.717) is 5.92 Å². The van der Waals surface area contributed by atoms with E-state index in [1.165, 1.54) is 5.56 Å². The fraction of sp³-hybridized carbons (Fsp3) is 0.211. The molecule has 0 aliphatic heterocycles. The third-order valence-electron chi connectivity index (χ3n) is 4.15. The molecule has 2 aromatic carbocycles. The van der Waals surface area contributed by atoms with Gasteiger partial charge in [-0.15, -0.1) is 0 Å². The van der Waals surface area contributed by atoms with Gasteiger partial charge >= 0.3 is 0 Å². The molecule has 3 rings (SSSR count). The summed E-state index contributed by atoms with van der Waals surface area (Å²) >= 11 is 0. The summed E-state index contributed by atoms with van der Waals surface area (Å²) in [7, 11) is 0. The average molecular weight is 292 g/mol. The van der Waals surface area contributed by atoms with Gasteiger partial charge in [-0.25, -0.2) is 0 Å². The Morgan fingerprint density at radius 3 is 2.50 bits per heavy atom. The number of nitrogens with one attached hydrogen (secondary N) is 1. The fourth-order valence-corrected chi connectivity index (χ4v) is 2.67. The second-order valence-corrected chi connectivity index (χ2v) is 5.82. The molecule has 1 fully saturated rings. The fourth-order valence-electron chi connectivity index (χ4n) is 2.67. The first-order chi connectivity index (χ1) is 10.6. The van der Waals surface area contributed by atoms with Crippen molar-refractivity contribution in [1.82, 2.24) is 5.32 Å². The van der Waals surface area contributed by atoms with Crippen molar-refractivity contribution in [3.63, 3.8) is 0 Å². The maximum absolute atomic E-state index is 12.2. The van der Waals surface area contributed by atoms with Crippen LogP contribution in [-0.2, 0) is 4.79 Å². The molecule has 0 aromatic heterocycles. The number of carbonyl (C=O) groups excluding carboxylic acids is 1. The van der Waals surface area contributed by atoms with Crippen LogP contribution in [0.2, 0.25) is 0 Å². The zero-order chi connectivity index (χ0) is 15.5.